The highest BCUT2D eigenvalue weighted by Crippen LogP contribution is 2.26. The zero-order valence-corrected chi connectivity index (χ0v) is 12.2. The second kappa shape index (κ2) is 5.02. The molecule has 1 amide bonds. The second-order valence-corrected chi connectivity index (χ2v) is 7.05. The van der Waals surface area contributed by atoms with Gasteiger partial charge in [-0.3, -0.25) is 4.79 Å². The minimum atomic E-state index is -3.76. The monoisotopic (exact) mass is 303 g/mol. The van der Waals surface area contributed by atoms with Crippen molar-refractivity contribution in [1.29, 1.82) is 0 Å². The summed E-state index contributed by atoms with van der Waals surface area (Å²) in [6, 6.07) is 4.46. The van der Waals surface area contributed by atoms with Crippen LogP contribution in [-0.2, 0) is 13.8 Å². The highest BCUT2D eigenvalue weighted by molar-refractivity contribution is 8.13. The molecule has 104 valence electrons. The van der Waals surface area contributed by atoms with E-state index in [1.807, 2.05) is 0 Å². The Morgan fingerprint density at radius 3 is 2.58 bits per heavy atom. The number of hydrogen-bond acceptors (Lipinski definition) is 4. The van der Waals surface area contributed by atoms with Crippen LogP contribution in [0.3, 0.4) is 0 Å². The van der Waals surface area contributed by atoms with Gasteiger partial charge in [-0.2, -0.15) is 0 Å². The molecule has 1 atom stereocenters. The van der Waals surface area contributed by atoms with Crippen LogP contribution in [-0.4, -0.2) is 38.9 Å². The number of carbonyl (C=O) groups is 1. The molecule has 1 aliphatic rings. The highest BCUT2D eigenvalue weighted by atomic mass is 35.7. The lowest BCUT2D eigenvalue weighted by Gasteiger charge is -2.14. The van der Waals surface area contributed by atoms with E-state index in [0.717, 1.165) is 0 Å². The molecular weight excluding hydrogens is 290 g/mol. The number of carbonyl (C=O) groups excluding carboxylic acids is 1. The van der Waals surface area contributed by atoms with Gasteiger partial charge in [-0.25, -0.2) is 8.42 Å². The molecule has 1 heterocycles. The average Bonchev–Trinajstić information content (AvgIpc) is 2.59. The average molecular weight is 304 g/mol. The maximum Gasteiger partial charge on any atom is 0.263 e. The van der Waals surface area contributed by atoms with Crippen molar-refractivity contribution in [2.45, 2.75) is 24.3 Å². The van der Waals surface area contributed by atoms with Crippen molar-refractivity contribution in [3.8, 4) is 5.75 Å². The molecule has 0 bridgehead atoms. The summed E-state index contributed by atoms with van der Waals surface area (Å²) in [5.74, 6) is 0.405. The molecular formula is C12H14ClNO4S. The van der Waals surface area contributed by atoms with Crippen molar-refractivity contribution in [3.63, 3.8) is 0 Å². The van der Waals surface area contributed by atoms with Crippen LogP contribution >= 0.6 is 10.7 Å². The van der Waals surface area contributed by atoms with Gasteiger partial charge in [0.25, 0.3) is 15.0 Å². The third kappa shape index (κ3) is 3.01. The summed E-state index contributed by atoms with van der Waals surface area (Å²) in [7, 11) is 3.27. The Balaban J connectivity index is 2.20. The molecule has 1 saturated heterocycles. The summed E-state index contributed by atoms with van der Waals surface area (Å²) in [5, 5.41) is 0. The second-order valence-electron chi connectivity index (χ2n) is 4.52. The highest BCUT2D eigenvalue weighted by Gasteiger charge is 2.30. The van der Waals surface area contributed by atoms with Gasteiger partial charge in [0.05, 0.1) is 4.90 Å². The summed E-state index contributed by atoms with van der Waals surface area (Å²) in [5.41, 5.74) is 0.492. The third-order valence-corrected chi connectivity index (χ3v) is 4.55. The van der Waals surface area contributed by atoms with E-state index < -0.39 is 15.2 Å². The lowest BCUT2D eigenvalue weighted by Crippen LogP contribution is -2.29. The predicted molar refractivity (Wildman–Crippen MR) is 70.9 cm³/mol. The normalized spacial score (nSPS) is 19.8. The van der Waals surface area contributed by atoms with Gasteiger partial charge in [0, 0.05) is 30.7 Å². The van der Waals surface area contributed by atoms with Gasteiger partial charge in [0.15, 0.2) is 6.10 Å². The fourth-order valence-electron chi connectivity index (χ4n) is 2.03. The van der Waals surface area contributed by atoms with Gasteiger partial charge in [0.2, 0.25) is 0 Å². The number of benzene rings is 1. The molecule has 1 aromatic carbocycles. The zero-order valence-electron chi connectivity index (χ0n) is 10.6. The molecule has 7 heteroatoms. The maximum atomic E-state index is 11.7. The molecule has 0 N–H and O–H groups in total. The molecule has 0 spiro atoms. The summed E-state index contributed by atoms with van der Waals surface area (Å²) in [4.78, 5) is 13.4. The van der Waals surface area contributed by atoms with E-state index in [-0.39, 0.29) is 10.8 Å². The van der Waals surface area contributed by atoms with E-state index in [4.69, 9.17) is 15.4 Å². The first-order valence-corrected chi connectivity index (χ1v) is 8.07. The van der Waals surface area contributed by atoms with Gasteiger partial charge < -0.3 is 9.64 Å². The predicted octanol–water partition coefficient (Wildman–Crippen LogP) is 1.53. The smallest absolute Gasteiger partial charge is 0.263 e. The van der Waals surface area contributed by atoms with Crippen LogP contribution in [0.5, 0.6) is 5.75 Å². The van der Waals surface area contributed by atoms with Gasteiger partial charge >= 0.3 is 0 Å². The van der Waals surface area contributed by atoms with Crippen LogP contribution in [0.15, 0.2) is 23.1 Å². The molecule has 5 nitrogen and oxygen atoms in total. The number of likely N-dealkylation sites (N-methyl/N-ethyl adjacent to an activating group) is 1. The van der Waals surface area contributed by atoms with E-state index in [1.165, 1.54) is 12.1 Å². The van der Waals surface area contributed by atoms with Crippen LogP contribution in [0.25, 0.3) is 0 Å². The Hall–Kier alpha value is -1.27. The topological polar surface area (TPSA) is 63.7 Å². The summed E-state index contributed by atoms with van der Waals surface area (Å²) in [6.07, 6.45) is 0.132. The number of halogens is 1. The van der Waals surface area contributed by atoms with Crippen molar-refractivity contribution in [2.75, 3.05) is 13.6 Å². The van der Waals surface area contributed by atoms with E-state index in [9.17, 15) is 13.2 Å². The van der Waals surface area contributed by atoms with Gasteiger partial charge in [-0.1, -0.05) is 0 Å². The van der Waals surface area contributed by atoms with Crippen LogP contribution in [0.2, 0.25) is 0 Å². The minimum Gasteiger partial charge on any atom is -0.481 e. The van der Waals surface area contributed by atoms with E-state index in [2.05, 4.69) is 0 Å². The third-order valence-electron chi connectivity index (χ3n) is 3.07. The quantitative estimate of drug-likeness (QED) is 0.795. The SMILES string of the molecule is Cc1cc(OC2CCN(C)C2=O)ccc1S(=O)(=O)Cl. The van der Waals surface area contributed by atoms with Gasteiger partial charge in [-0.05, 0) is 30.7 Å². The summed E-state index contributed by atoms with van der Waals surface area (Å²) < 4.78 is 28.1. The maximum absolute atomic E-state index is 11.7. The molecule has 1 fully saturated rings. The van der Waals surface area contributed by atoms with Gasteiger partial charge in [0.1, 0.15) is 5.75 Å². The number of hydrogen-bond donors (Lipinski definition) is 0. The Morgan fingerprint density at radius 2 is 2.11 bits per heavy atom. The first-order chi connectivity index (χ1) is 8.79. The number of nitrogens with zero attached hydrogens (tertiary/aromatic N) is 1. The molecule has 0 radical (unpaired) electrons. The van der Waals surface area contributed by atoms with Crippen molar-refractivity contribution in [1.82, 2.24) is 4.90 Å². The van der Waals surface area contributed by atoms with Crippen molar-refractivity contribution in [3.05, 3.63) is 23.8 Å². The first-order valence-electron chi connectivity index (χ1n) is 5.76. The lowest BCUT2D eigenvalue weighted by molar-refractivity contribution is -0.132. The molecule has 1 aliphatic heterocycles. The fourth-order valence-corrected chi connectivity index (χ4v) is 3.23. The van der Waals surface area contributed by atoms with E-state index >= 15 is 0 Å². The van der Waals surface area contributed by atoms with E-state index in [0.29, 0.717) is 24.3 Å². The first kappa shape index (κ1) is 14.1. The van der Waals surface area contributed by atoms with Crippen molar-refractivity contribution < 1.29 is 17.9 Å². The molecule has 0 aromatic heterocycles. The number of aryl methyl sites for hydroxylation is 1. The number of amides is 1. The molecule has 1 unspecified atom stereocenters. The number of likely N-dealkylation sites (tertiary alicyclic amines) is 1. The number of rotatable bonds is 3. The summed E-state index contributed by atoms with van der Waals surface area (Å²) >= 11 is 0. The van der Waals surface area contributed by atoms with Crippen LogP contribution in [0.1, 0.15) is 12.0 Å². The van der Waals surface area contributed by atoms with Crippen molar-refractivity contribution in [2.24, 2.45) is 0 Å². The number of ether oxygens (including phenoxy) is 1. The van der Waals surface area contributed by atoms with Crippen LogP contribution < -0.4 is 4.74 Å². The molecule has 2 rings (SSSR count). The Labute approximate surface area is 116 Å². The zero-order chi connectivity index (χ0) is 14.2. The van der Waals surface area contributed by atoms with E-state index in [1.54, 1.807) is 24.9 Å². The lowest BCUT2D eigenvalue weighted by atomic mass is 10.2. The Morgan fingerprint density at radius 1 is 1.42 bits per heavy atom. The standard InChI is InChI=1S/C12H14ClNO4S/c1-8-7-9(3-4-11(8)19(13,16)17)18-10-5-6-14(2)12(10)15/h3-4,7,10H,5-6H2,1-2H3. The molecule has 0 aliphatic carbocycles. The van der Waals surface area contributed by atoms with Crippen LogP contribution in [0.4, 0.5) is 0 Å². The Bertz CT molecular complexity index is 614. The van der Waals surface area contributed by atoms with Crippen LogP contribution in [0, 0.1) is 6.92 Å². The van der Waals surface area contributed by atoms with Crippen molar-refractivity contribution >= 4 is 25.6 Å². The van der Waals surface area contributed by atoms with Gasteiger partial charge in [-0.15, -0.1) is 0 Å². The Kier molecular flexibility index (Phi) is 3.73. The molecule has 19 heavy (non-hydrogen) atoms. The molecule has 0 saturated carbocycles. The minimum absolute atomic E-state index is 0.0522. The largest absolute Gasteiger partial charge is 0.481 e. The summed E-state index contributed by atoms with van der Waals surface area (Å²) in [6.45, 7) is 2.29. The molecule has 1 aromatic rings. The fraction of sp³-hybridized carbons (Fsp3) is 0.417.